The first-order valence-corrected chi connectivity index (χ1v) is 8.14. The third-order valence-corrected chi connectivity index (χ3v) is 4.15. The van der Waals surface area contributed by atoms with Crippen LogP contribution < -0.4 is 10.1 Å². The lowest BCUT2D eigenvalue weighted by Crippen LogP contribution is -2.15. The third kappa shape index (κ3) is 3.39. The largest absolute Gasteiger partial charge is 0.492 e. The summed E-state index contributed by atoms with van der Waals surface area (Å²) in [6.07, 6.45) is 1.81. The van der Waals surface area contributed by atoms with Crippen molar-refractivity contribution in [3.63, 3.8) is 0 Å². The summed E-state index contributed by atoms with van der Waals surface area (Å²) in [5.41, 5.74) is 3.14. The molecule has 0 bridgehead atoms. The van der Waals surface area contributed by atoms with Crippen LogP contribution in [0.4, 0.5) is 5.69 Å². The highest BCUT2D eigenvalue weighted by molar-refractivity contribution is 6.32. The number of para-hydroxylation sites is 2. The van der Waals surface area contributed by atoms with Gasteiger partial charge in [0.1, 0.15) is 11.3 Å². The van der Waals surface area contributed by atoms with E-state index in [1.165, 1.54) is 0 Å². The van der Waals surface area contributed by atoms with E-state index in [4.69, 9.17) is 20.8 Å². The number of hydrogen-bond donors (Lipinski definition) is 1. The first-order chi connectivity index (χ1) is 11.6. The second kappa shape index (κ2) is 6.97. The second-order valence-corrected chi connectivity index (χ2v) is 5.92. The van der Waals surface area contributed by atoms with Crippen molar-refractivity contribution in [2.24, 2.45) is 0 Å². The van der Waals surface area contributed by atoms with E-state index >= 15 is 0 Å². The molecule has 3 aromatic rings. The van der Waals surface area contributed by atoms with Gasteiger partial charge >= 0.3 is 0 Å². The Labute approximate surface area is 145 Å². The van der Waals surface area contributed by atoms with Gasteiger partial charge in [0.15, 0.2) is 0 Å². The second-order valence-electron chi connectivity index (χ2n) is 5.51. The summed E-state index contributed by atoms with van der Waals surface area (Å²) < 4.78 is 11.1. The number of nitrogens with one attached hydrogen (secondary N) is 1. The van der Waals surface area contributed by atoms with Gasteiger partial charge in [-0.05, 0) is 43.7 Å². The van der Waals surface area contributed by atoms with E-state index in [1.54, 1.807) is 6.26 Å². The molecule has 0 spiro atoms. The molecule has 1 N–H and O–H groups in total. The van der Waals surface area contributed by atoms with Gasteiger partial charge in [-0.3, -0.25) is 4.79 Å². The number of halogens is 1. The molecule has 0 aliphatic rings. The SMILES string of the molecule is CCOc1ccccc1NC(=O)Cc1coc2cc(C)c(Cl)cc12. The zero-order valence-electron chi connectivity index (χ0n) is 13.6. The molecule has 1 heterocycles. The Balaban J connectivity index is 1.80. The first-order valence-electron chi connectivity index (χ1n) is 7.76. The van der Waals surface area contributed by atoms with Crippen LogP contribution in [-0.4, -0.2) is 12.5 Å². The Bertz CT molecular complexity index is 885. The Hall–Kier alpha value is -2.46. The van der Waals surface area contributed by atoms with Crippen molar-refractivity contribution in [2.75, 3.05) is 11.9 Å². The van der Waals surface area contributed by atoms with Crippen LogP contribution in [0.1, 0.15) is 18.1 Å². The summed E-state index contributed by atoms with van der Waals surface area (Å²) in [5.74, 6) is 0.519. The van der Waals surface area contributed by atoms with Crippen molar-refractivity contribution in [1.82, 2.24) is 0 Å². The number of ether oxygens (including phenoxy) is 1. The summed E-state index contributed by atoms with van der Waals surface area (Å²) in [6, 6.07) is 11.1. The van der Waals surface area contributed by atoms with Crippen LogP contribution in [0, 0.1) is 6.92 Å². The van der Waals surface area contributed by atoms with Crippen LogP contribution in [0.15, 0.2) is 47.1 Å². The number of benzene rings is 2. The molecule has 0 aliphatic carbocycles. The highest BCUT2D eigenvalue weighted by atomic mass is 35.5. The minimum atomic E-state index is -0.137. The van der Waals surface area contributed by atoms with E-state index in [9.17, 15) is 4.79 Å². The van der Waals surface area contributed by atoms with E-state index in [1.807, 2.05) is 50.2 Å². The standard InChI is InChI=1S/C19H18ClNO3/c1-3-23-17-7-5-4-6-16(17)21-19(22)9-13-11-24-18-8-12(2)15(20)10-14(13)18/h4-8,10-11H,3,9H2,1-2H3,(H,21,22). The van der Waals surface area contributed by atoms with Crippen LogP contribution in [0.25, 0.3) is 11.0 Å². The molecule has 0 saturated carbocycles. The van der Waals surface area contributed by atoms with Crippen molar-refractivity contribution in [2.45, 2.75) is 20.3 Å². The van der Waals surface area contributed by atoms with Crippen molar-refractivity contribution in [3.8, 4) is 5.75 Å². The van der Waals surface area contributed by atoms with Crippen LogP contribution >= 0.6 is 11.6 Å². The van der Waals surface area contributed by atoms with Gasteiger partial charge in [-0.25, -0.2) is 0 Å². The molecule has 124 valence electrons. The minimum Gasteiger partial charge on any atom is -0.492 e. The van der Waals surface area contributed by atoms with E-state index in [0.717, 1.165) is 22.1 Å². The van der Waals surface area contributed by atoms with E-state index in [-0.39, 0.29) is 12.3 Å². The maximum Gasteiger partial charge on any atom is 0.229 e. The topological polar surface area (TPSA) is 51.5 Å². The molecule has 5 heteroatoms. The zero-order chi connectivity index (χ0) is 17.1. The summed E-state index contributed by atoms with van der Waals surface area (Å²) >= 11 is 6.18. The molecular formula is C19H18ClNO3. The van der Waals surface area contributed by atoms with Crippen LogP contribution in [0.3, 0.4) is 0 Å². The number of fused-ring (bicyclic) bond motifs is 1. The Morgan fingerprint density at radius 2 is 2.08 bits per heavy atom. The quantitative estimate of drug-likeness (QED) is 0.711. The molecule has 0 fully saturated rings. The van der Waals surface area contributed by atoms with Crippen LogP contribution in [0.2, 0.25) is 5.02 Å². The Morgan fingerprint density at radius 3 is 2.88 bits per heavy atom. The van der Waals surface area contributed by atoms with Gasteiger partial charge in [-0.2, -0.15) is 0 Å². The monoisotopic (exact) mass is 343 g/mol. The highest BCUT2D eigenvalue weighted by Crippen LogP contribution is 2.29. The number of rotatable bonds is 5. The van der Waals surface area contributed by atoms with Crippen LogP contribution in [-0.2, 0) is 11.2 Å². The Morgan fingerprint density at radius 1 is 1.29 bits per heavy atom. The molecule has 4 nitrogen and oxygen atoms in total. The van der Waals surface area contributed by atoms with Gasteiger partial charge < -0.3 is 14.5 Å². The molecule has 0 aliphatic heterocycles. The predicted octanol–water partition coefficient (Wildman–Crippen LogP) is 4.97. The lowest BCUT2D eigenvalue weighted by molar-refractivity contribution is -0.115. The lowest BCUT2D eigenvalue weighted by Gasteiger charge is -2.11. The highest BCUT2D eigenvalue weighted by Gasteiger charge is 2.13. The maximum atomic E-state index is 12.4. The number of hydrogen-bond acceptors (Lipinski definition) is 3. The Kier molecular flexibility index (Phi) is 4.76. The van der Waals surface area contributed by atoms with Gasteiger partial charge in [0, 0.05) is 16.0 Å². The number of carbonyl (C=O) groups is 1. The van der Waals surface area contributed by atoms with Gasteiger partial charge in [0.25, 0.3) is 0 Å². The smallest absolute Gasteiger partial charge is 0.229 e. The zero-order valence-corrected chi connectivity index (χ0v) is 14.3. The summed E-state index contributed by atoms with van der Waals surface area (Å²) in [4.78, 5) is 12.4. The molecule has 0 unspecified atom stereocenters. The van der Waals surface area contributed by atoms with E-state index < -0.39 is 0 Å². The molecule has 1 amide bonds. The van der Waals surface area contributed by atoms with Gasteiger partial charge in [0.2, 0.25) is 5.91 Å². The molecule has 3 rings (SSSR count). The normalized spacial score (nSPS) is 10.8. The molecule has 2 aromatic carbocycles. The molecule has 0 saturated heterocycles. The summed E-state index contributed by atoms with van der Waals surface area (Å²) in [5, 5.41) is 4.41. The molecule has 0 atom stereocenters. The average Bonchev–Trinajstić information content (AvgIpc) is 2.92. The van der Waals surface area contributed by atoms with Gasteiger partial charge in [-0.15, -0.1) is 0 Å². The van der Waals surface area contributed by atoms with Crippen molar-refractivity contribution in [3.05, 3.63) is 58.8 Å². The minimum absolute atomic E-state index is 0.137. The fourth-order valence-corrected chi connectivity index (χ4v) is 2.72. The van der Waals surface area contributed by atoms with Gasteiger partial charge in [0.05, 0.1) is 25.0 Å². The molecule has 0 radical (unpaired) electrons. The average molecular weight is 344 g/mol. The van der Waals surface area contributed by atoms with Gasteiger partial charge in [-0.1, -0.05) is 23.7 Å². The first kappa shape index (κ1) is 16.4. The fourth-order valence-electron chi connectivity index (χ4n) is 2.56. The summed E-state index contributed by atoms with van der Waals surface area (Å²) in [6.45, 7) is 4.36. The number of amides is 1. The molecule has 24 heavy (non-hydrogen) atoms. The number of carbonyl (C=O) groups excluding carboxylic acids is 1. The molecule has 1 aromatic heterocycles. The van der Waals surface area contributed by atoms with Crippen molar-refractivity contribution in [1.29, 1.82) is 0 Å². The number of anilines is 1. The van der Waals surface area contributed by atoms with E-state index in [2.05, 4.69) is 5.32 Å². The van der Waals surface area contributed by atoms with Crippen molar-refractivity contribution >= 4 is 34.2 Å². The summed E-state index contributed by atoms with van der Waals surface area (Å²) in [7, 11) is 0. The number of aryl methyl sites for hydroxylation is 1. The predicted molar refractivity (Wildman–Crippen MR) is 95.9 cm³/mol. The van der Waals surface area contributed by atoms with Crippen LogP contribution in [0.5, 0.6) is 5.75 Å². The third-order valence-electron chi connectivity index (χ3n) is 3.75. The maximum absolute atomic E-state index is 12.4. The molecular weight excluding hydrogens is 326 g/mol. The lowest BCUT2D eigenvalue weighted by atomic mass is 10.1. The van der Waals surface area contributed by atoms with E-state index in [0.29, 0.717) is 23.1 Å². The fraction of sp³-hybridized carbons (Fsp3) is 0.211. The number of furan rings is 1. The van der Waals surface area contributed by atoms with Crippen molar-refractivity contribution < 1.29 is 13.9 Å².